The van der Waals surface area contributed by atoms with Gasteiger partial charge < -0.3 is 0 Å². The van der Waals surface area contributed by atoms with E-state index in [1.807, 2.05) is 0 Å². The van der Waals surface area contributed by atoms with Crippen LogP contribution in [0, 0.1) is 18.3 Å². The van der Waals surface area contributed by atoms with Gasteiger partial charge in [0, 0.05) is 6.42 Å². The molecule has 0 aromatic rings. The monoisotopic (exact) mass is 203 g/mol. The van der Waals surface area contributed by atoms with E-state index in [-0.39, 0.29) is 0 Å². The molecule has 0 aromatic heterocycles. The van der Waals surface area contributed by atoms with Crippen molar-refractivity contribution in [2.45, 2.75) is 52.9 Å². The van der Waals surface area contributed by atoms with Gasteiger partial charge in [-0.25, -0.2) is 0 Å². The minimum atomic E-state index is 0.791. The lowest BCUT2D eigenvalue weighted by Gasteiger charge is -2.25. The van der Waals surface area contributed by atoms with E-state index in [1.165, 1.54) is 32.1 Å². The van der Waals surface area contributed by atoms with E-state index >= 15 is 0 Å². The van der Waals surface area contributed by atoms with Gasteiger partial charge in [-0.2, -0.15) is 0 Å². The summed E-state index contributed by atoms with van der Waals surface area (Å²) in [4.78, 5) is 0. The molecule has 0 saturated heterocycles. The fourth-order valence-corrected chi connectivity index (χ4v) is 2.99. The van der Waals surface area contributed by atoms with E-state index in [0.29, 0.717) is 0 Å². The van der Waals surface area contributed by atoms with Crippen LogP contribution in [0.2, 0.25) is 0 Å². The molecule has 2 atom stereocenters. The molecule has 0 bridgehead atoms. The molecule has 0 N–H and O–H groups in total. The van der Waals surface area contributed by atoms with E-state index < -0.39 is 0 Å². The second kappa shape index (κ2) is 4.55. The molecule has 15 heavy (non-hydrogen) atoms. The zero-order valence-corrected chi connectivity index (χ0v) is 10.3. The first-order valence-electron chi connectivity index (χ1n) is 6.49. The first-order chi connectivity index (χ1) is 7.20. The van der Waals surface area contributed by atoms with Gasteiger partial charge >= 0.3 is 0 Å². The Labute approximate surface area is 94.5 Å². The van der Waals surface area contributed by atoms with E-state index in [9.17, 15) is 0 Å². The van der Waals surface area contributed by atoms with Crippen LogP contribution in [0.5, 0.6) is 0 Å². The highest BCUT2D eigenvalue weighted by Crippen LogP contribution is 2.42. The summed E-state index contributed by atoms with van der Waals surface area (Å²) in [5.41, 5.74) is 4.88. The summed E-state index contributed by atoms with van der Waals surface area (Å²) in [5, 5.41) is 0. The molecule has 0 aliphatic heterocycles. The zero-order chi connectivity index (χ0) is 10.8. The van der Waals surface area contributed by atoms with Crippen molar-refractivity contribution in [3.63, 3.8) is 0 Å². The van der Waals surface area contributed by atoms with E-state index in [2.05, 4.69) is 33.3 Å². The lowest BCUT2D eigenvalue weighted by molar-refractivity contribution is 0.427. The van der Waals surface area contributed by atoms with Crippen molar-refractivity contribution in [1.82, 2.24) is 0 Å². The van der Waals surface area contributed by atoms with Crippen molar-refractivity contribution in [2.75, 3.05) is 0 Å². The Kier molecular flexibility index (Phi) is 3.33. The maximum Gasteiger partial charge on any atom is 0.0119 e. The maximum absolute atomic E-state index is 2.47. The summed E-state index contributed by atoms with van der Waals surface area (Å²) in [6.07, 6.45) is 11.6. The lowest BCUT2D eigenvalue weighted by atomic mass is 9.79. The first-order valence-corrected chi connectivity index (χ1v) is 6.49. The van der Waals surface area contributed by atoms with Crippen LogP contribution in [0.3, 0.4) is 0 Å². The Morgan fingerprint density at radius 2 is 2.13 bits per heavy atom. The average molecular weight is 203 g/mol. The molecule has 83 valence electrons. The fraction of sp³-hybridized carbons (Fsp3) is 0.667. The van der Waals surface area contributed by atoms with Crippen LogP contribution < -0.4 is 0 Å². The average Bonchev–Trinajstić information content (AvgIpc) is 2.57. The Morgan fingerprint density at radius 3 is 2.87 bits per heavy atom. The third kappa shape index (κ3) is 2.35. The molecule has 0 nitrogen and oxygen atoms in total. The molecule has 2 unspecified atom stereocenters. The van der Waals surface area contributed by atoms with Gasteiger partial charge in [-0.05, 0) is 43.1 Å². The first kappa shape index (κ1) is 11.0. The summed E-state index contributed by atoms with van der Waals surface area (Å²) >= 11 is 0. The maximum atomic E-state index is 2.47. The molecule has 0 heteroatoms. The molecule has 0 fully saturated rings. The standard InChI is InChI=1S/C15H23/c1-4-5-6-13-9-14-8-11(2)7-12(3)15(14)10-13/h9-12H,4-8H2,1-3H3. The Bertz CT molecular complexity index is 293. The van der Waals surface area contributed by atoms with Crippen molar-refractivity contribution in [3.8, 4) is 0 Å². The summed E-state index contributed by atoms with van der Waals surface area (Å²) < 4.78 is 0. The quantitative estimate of drug-likeness (QED) is 0.624. The van der Waals surface area contributed by atoms with Crippen LogP contribution in [-0.2, 0) is 0 Å². The van der Waals surface area contributed by atoms with Gasteiger partial charge in [-0.1, -0.05) is 44.4 Å². The van der Waals surface area contributed by atoms with Crippen molar-refractivity contribution < 1.29 is 0 Å². The molecule has 2 aliphatic carbocycles. The molecule has 0 spiro atoms. The topological polar surface area (TPSA) is 0 Å². The zero-order valence-electron chi connectivity index (χ0n) is 10.3. The number of hydrogen-bond donors (Lipinski definition) is 0. The number of unbranched alkanes of at least 4 members (excludes halogenated alkanes) is 1. The van der Waals surface area contributed by atoms with E-state index in [1.54, 1.807) is 16.7 Å². The van der Waals surface area contributed by atoms with Gasteiger partial charge in [0.05, 0.1) is 0 Å². The van der Waals surface area contributed by atoms with Crippen molar-refractivity contribution in [1.29, 1.82) is 0 Å². The van der Waals surface area contributed by atoms with Crippen LogP contribution >= 0.6 is 0 Å². The predicted molar refractivity (Wildman–Crippen MR) is 66.5 cm³/mol. The number of allylic oxidation sites excluding steroid dienone is 4. The molecular formula is C15H23. The summed E-state index contributed by atoms with van der Waals surface area (Å²) in [6, 6.07) is 0. The largest absolute Gasteiger partial charge is 0.0654 e. The van der Waals surface area contributed by atoms with Crippen LogP contribution in [-0.4, -0.2) is 0 Å². The van der Waals surface area contributed by atoms with E-state index in [0.717, 1.165) is 11.8 Å². The highest BCUT2D eigenvalue weighted by Gasteiger charge is 2.26. The normalized spacial score (nSPS) is 30.5. The molecule has 0 heterocycles. The van der Waals surface area contributed by atoms with Gasteiger partial charge in [-0.3, -0.25) is 0 Å². The summed E-state index contributed by atoms with van der Waals surface area (Å²) in [6.45, 7) is 7.05. The molecule has 0 amide bonds. The van der Waals surface area contributed by atoms with Gasteiger partial charge in [-0.15, -0.1) is 0 Å². The second-order valence-electron chi connectivity index (χ2n) is 5.39. The smallest absolute Gasteiger partial charge is 0.0119 e. The van der Waals surface area contributed by atoms with Crippen molar-refractivity contribution in [3.05, 3.63) is 29.2 Å². The fourth-order valence-electron chi connectivity index (χ4n) is 2.99. The second-order valence-corrected chi connectivity index (χ2v) is 5.39. The minimum Gasteiger partial charge on any atom is -0.0654 e. The predicted octanol–water partition coefficient (Wildman–Crippen LogP) is 4.68. The van der Waals surface area contributed by atoms with Gasteiger partial charge in [0.1, 0.15) is 0 Å². The molecule has 0 aromatic carbocycles. The summed E-state index contributed by atoms with van der Waals surface area (Å²) in [5.74, 6) is 1.67. The third-order valence-electron chi connectivity index (χ3n) is 3.75. The molecule has 2 aliphatic rings. The third-order valence-corrected chi connectivity index (χ3v) is 3.75. The van der Waals surface area contributed by atoms with Gasteiger partial charge in [0.25, 0.3) is 0 Å². The Hall–Kier alpha value is -0.520. The molecule has 0 saturated carbocycles. The highest BCUT2D eigenvalue weighted by atomic mass is 14.3. The van der Waals surface area contributed by atoms with Gasteiger partial charge in [0.2, 0.25) is 0 Å². The molecular weight excluding hydrogens is 180 g/mol. The van der Waals surface area contributed by atoms with Gasteiger partial charge in [0.15, 0.2) is 0 Å². The number of hydrogen-bond acceptors (Lipinski definition) is 0. The van der Waals surface area contributed by atoms with Crippen molar-refractivity contribution >= 4 is 0 Å². The SMILES string of the molecule is CCCCC1=CC2=C([CH]1)CC(C)CC2C. The summed E-state index contributed by atoms with van der Waals surface area (Å²) in [7, 11) is 0. The van der Waals surface area contributed by atoms with Crippen LogP contribution in [0.4, 0.5) is 0 Å². The Balaban J connectivity index is 2.02. The minimum absolute atomic E-state index is 0.791. The van der Waals surface area contributed by atoms with Crippen LogP contribution in [0.1, 0.15) is 52.9 Å². The Morgan fingerprint density at radius 1 is 1.33 bits per heavy atom. The number of rotatable bonds is 3. The molecule has 2 rings (SSSR count). The van der Waals surface area contributed by atoms with Crippen molar-refractivity contribution in [2.24, 2.45) is 11.8 Å². The van der Waals surface area contributed by atoms with Crippen LogP contribution in [0.25, 0.3) is 0 Å². The molecule has 1 radical (unpaired) electrons. The lowest BCUT2D eigenvalue weighted by Crippen LogP contribution is -2.12. The van der Waals surface area contributed by atoms with E-state index in [4.69, 9.17) is 0 Å². The van der Waals surface area contributed by atoms with Crippen LogP contribution in [0.15, 0.2) is 22.8 Å². The highest BCUT2D eigenvalue weighted by molar-refractivity contribution is 5.50.